The molecule has 0 radical (unpaired) electrons. The van der Waals surface area contributed by atoms with Crippen LogP contribution in [0.15, 0.2) is 72.8 Å². The molecule has 0 saturated heterocycles. The Morgan fingerprint density at radius 2 is 1.69 bits per heavy atom. The fourth-order valence-corrected chi connectivity index (χ4v) is 3.66. The zero-order valence-electron chi connectivity index (χ0n) is 17.1. The standard InChI is InChI=1S/C24H21N3O5/c28-23(25-15-22-19-6-2-1-5-16(19)13-14-32-22)17-9-11-18(12-10-17)26-24(29)20-7-3-4-8-21(20)27(30)31/h1-12,22H,13-15H2,(H,25,28)(H,26,29)/t22-/m1/s1. The number of carbonyl (C=O) groups excluding carboxylic acids is 2. The van der Waals surface area contributed by atoms with Crippen LogP contribution in [0, 0.1) is 10.1 Å². The van der Waals surface area contributed by atoms with E-state index in [-0.39, 0.29) is 23.3 Å². The van der Waals surface area contributed by atoms with E-state index in [2.05, 4.69) is 16.7 Å². The zero-order valence-corrected chi connectivity index (χ0v) is 17.1. The molecule has 2 N–H and O–H groups in total. The van der Waals surface area contributed by atoms with E-state index >= 15 is 0 Å². The average molecular weight is 431 g/mol. The number of nitro benzene ring substituents is 1. The smallest absolute Gasteiger partial charge is 0.282 e. The highest BCUT2D eigenvalue weighted by atomic mass is 16.6. The van der Waals surface area contributed by atoms with Gasteiger partial charge in [0.15, 0.2) is 0 Å². The molecule has 0 saturated carbocycles. The van der Waals surface area contributed by atoms with E-state index in [9.17, 15) is 19.7 Å². The fraction of sp³-hybridized carbons (Fsp3) is 0.167. The molecule has 3 aromatic rings. The Kier molecular flexibility index (Phi) is 6.23. The molecule has 0 aromatic heterocycles. The molecular weight excluding hydrogens is 410 g/mol. The highest BCUT2D eigenvalue weighted by molar-refractivity contribution is 6.07. The second kappa shape index (κ2) is 9.40. The van der Waals surface area contributed by atoms with Gasteiger partial charge in [-0.25, -0.2) is 0 Å². The van der Waals surface area contributed by atoms with Crippen LogP contribution in [0.3, 0.4) is 0 Å². The Labute approximate surface area is 184 Å². The maximum absolute atomic E-state index is 12.5. The molecule has 8 heteroatoms. The minimum Gasteiger partial charge on any atom is -0.371 e. The van der Waals surface area contributed by atoms with Gasteiger partial charge in [0.05, 0.1) is 11.5 Å². The van der Waals surface area contributed by atoms with Gasteiger partial charge in [-0.2, -0.15) is 0 Å². The Morgan fingerprint density at radius 3 is 2.47 bits per heavy atom. The summed E-state index contributed by atoms with van der Waals surface area (Å²) in [5, 5.41) is 16.6. The predicted octanol–water partition coefficient (Wildman–Crippen LogP) is 3.89. The largest absolute Gasteiger partial charge is 0.371 e. The molecule has 8 nitrogen and oxygen atoms in total. The molecule has 0 fully saturated rings. The maximum atomic E-state index is 12.5. The number of benzene rings is 3. The molecule has 4 rings (SSSR count). The average Bonchev–Trinajstić information content (AvgIpc) is 2.83. The zero-order chi connectivity index (χ0) is 22.5. The quantitative estimate of drug-likeness (QED) is 0.454. The molecule has 1 aliphatic heterocycles. The summed E-state index contributed by atoms with van der Waals surface area (Å²) in [5.41, 5.74) is 2.87. The van der Waals surface area contributed by atoms with Crippen LogP contribution in [0.5, 0.6) is 0 Å². The Hall–Kier alpha value is -4.04. The number of para-hydroxylation sites is 1. The fourth-order valence-electron chi connectivity index (χ4n) is 3.66. The van der Waals surface area contributed by atoms with Crippen molar-refractivity contribution in [2.75, 3.05) is 18.5 Å². The Morgan fingerprint density at radius 1 is 0.969 bits per heavy atom. The van der Waals surface area contributed by atoms with Crippen molar-refractivity contribution in [2.45, 2.75) is 12.5 Å². The van der Waals surface area contributed by atoms with Crippen molar-refractivity contribution < 1.29 is 19.2 Å². The lowest BCUT2D eigenvalue weighted by molar-refractivity contribution is -0.385. The van der Waals surface area contributed by atoms with E-state index in [1.54, 1.807) is 30.3 Å². The predicted molar refractivity (Wildman–Crippen MR) is 119 cm³/mol. The summed E-state index contributed by atoms with van der Waals surface area (Å²) in [5.74, 6) is -0.851. The summed E-state index contributed by atoms with van der Waals surface area (Å²) < 4.78 is 5.81. The van der Waals surface area contributed by atoms with Gasteiger partial charge in [0.1, 0.15) is 11.7 Å². The molecule has 0 spiro atoms. The molecule has 2 amide bonds. The van der Waals surface area contributed by atoms with E-state index in [0.29, 0.717) is 24.4 Å². The van der Waals surface area contributed by atoms with Gasteiger partial charge in [-0.05, 0) is 47.9 Å². The summed E-state index contributed by atoms with van der Waals surface area (Å²) in [6.07, 6.45) is 0.670. The molecule has 32 heavy (non-hydrogen) atoms. The number of anilines is 1. The van der Waals surface area contributed by atoms with Crippen molar-refractivity contribution in [1.29, 1.82) is 0 Å². The van der Waals surface area contributed by atoms with E-state index < -0.39 is 10.8 Å². The third-order valence-electron chi connectivity index (χ3n) is 5.29. The first-order chi connectivity index (χ1) is 15.5. The van der Waals surface area contributed by atoms with Crippen molar-refractivity contribution in [2.24, 2.45) is 0 Å². The van der Waals surface area contributed by atoms with Crippen LogP contribution in [0.25, 0.3) is 0 Å². The second-order valence-electron chi connectivity index (χ2n) is 7.32. The highest BCUT2D eigenvalue weighted by Crippen LogP contribution is 2.26. The third kappa shape index (κ3) is 4.65. The maximum Gasteiger partial charge on any atom is 0.282 e. The van der Waals surface area contributed by atoms with Crippen molar-refractivity contribution in [1.82, 2.24) is 5.32 Å². The number of hydrogen-bond acceptors (Lipinski definition) is 5. The van der Waals surface area contributed by atoms with Gasteiger partial charge < -0.3 is 15.4 Å². The molecule has 0 unspecified atom stereocenters. The van der Waals surface area contributed by atoms with Gasteiger partial charge in [-0.1, -0.05) is 36.4 Å². The van der Waals surface area contributed by atoms with E-state index in [4.69, 9.17) is 4.74 Å². The van der Waals surface area contributed by atoms with Gasteiger partial charge in [-0.3, -0.25) is 19.7 Å². The minimum atomic E-state index is -0.600. The van der Waals surface area contributed by atoms with Crippen molar-refractivity contribution in [3.63, 3.8) is 0 Å². The number of carbonyl (C=O) groups is 2. The lowest BCUT2D eigenvalue weighted by atomic mass is 9.97. The molecular formula is C24H21N3O5. The van der Waals surface area contributed by atoms with Crippen LogP contribution in [-0.4, -0.2) is 29.9 Å². The number of hydrogen-bond donors (Lipinski definition) is 2. The minimum absolute atomic E-state index is 0.0351. The number of ether oxygens (including phenoxy) is 1. The van der Waals surface area contributed by atoms with Gasteiger partial charge >= 0.3 is 0 Å². The molecule has 1 atom stereocenters. The van der Waals surface area contributed by atoms with Gasteiger partial charge in [0.2, 0.25) is 0 Å². The first-order valence-electron chi connectivity index (χ1n) is 10.2. The normalized spacial score (nSPS) is 14.8. The molecule has 0 bridgehead atoms. The van der Waals surface area contributed by atoms with Crippen LogP contribution < -0.4 is 10.6 Å². The molecule has 1 heterocycles. The van der Waals surface area contributed by atoms with Crippen molar-refractivity contribution in [3.8, 4) is 0 Å². The SMILES string of the molecule is O=C(NC[C@H]1OCCc2ccccc21)c1ccc(NC(=O)c2ccccc2[N+](=O)[O-])cc1. The Balaban J connectivity index is 1.37. The third-order valence-corrected chi connectivity index (χ3v) is 5.29. The Bertz CT molecular complexity index is 1160. The van der Waals surface area contributed by atoms with Gasteiger partial charge in [0, 0.05) is 23.9 Å². The van der Waals surface area contributed by atoms with Crippen LogP contribution >= 0.6 is 0 Å². The number of fused-ring (bicyclic) bond motifs is 1. The summed E-state index contributed by atoms with van der Waals surface area (Å²) in [4.78, 5) is 35.5. The topological polar surface area (TPSA) is 111 Å². The number of rotatable bonds is 6. The monoisotopic (exact) mass is 431 g/mol. The van der Waals surface area contributed by atoms with Gasteiger partial charge in [-0.15, -0.1) is 0 Å². The van der Waals surface area contributed by atoms with E-state index in [0.717, 1.165) is 12.0 Å². The van der Waals surface area contributed by atoms with Crippen LogP contribution in [0.4, 0.5) is 11.4 Å². The summed E-state index contributed by atoms with van der Waals surface area (Å²) in [6, 6.07) is 20.1. The van der Waals surface area contributed by atoms with Gasteiger partial charge in [0.25, 0.3) is 17.5 Å². The molecule has 3 aromatic carbocycles. The molecule has 1 aliphatic rings. The number of amides is 2. The first kappa shape index (κ1) is 21.2. The first-order valence-corrected chi connectivity index (χ1v) is 10.2. The van der Waals surface area contributed by atoms with Crippen molar-refractivity contribution >= 4 is 23.2 Å². The summed E-state index contributed by atoms with van der Waals surface area (Å²) >= 11 is 0. The van der Waals surface area contributed by atoms with Crippen molar-refractivity contribution in [3.05, 3.63) is 105 Å². The molecule has 0 aliphatic carbocycles. The van der Waals surface area contributed by atoms with Crippen LogP contribution in [0.2, 0.25) is 0 Å². The summed E-state index contributed by atoms with van der Waals surface area (Å²) in [6.45, 7) is 0.970. The van der Waals surface area contributed by atoms with E-state index in [1.807, 2.05) is 18.2 Å². The van der Waals surface area contributed by atoms with E-state index in [1.165, 1.54) is 23.8 Å². The second-order valence-corrected chi connectivity index (χ2v) is 7.32. The summed E-state index contributed by atoms with van der Waals surface area (Å²) in [7, 11) is 0. The van der Waals surface area contributed by atoms with Crippen LogP contribution in [-0.2, 0) is 11.2 Å². The molecule has 162 valence electrons. The lowest BCUT2D eigenvalue weighted by Gasteiger charge is -2.26. The van der Waals surface area contributed by atoms with Crippen LogP contribution in [0.1, 0.15) is 37.9 Å². The number of nitrogens with one attached hydrogen (secondary N) is 2. The highest BCUT2D eigenvalue weighted by Gasteiger charge is 2.22. The number of nitrogens with zero attached hydrogens (tertiary/aromatic N) is 1. The lowest BCUT2D eigenvalue weighted by Crippen LogP contribution is -2.31. The number of nitro groups is 1.